The molecule has 0 bridgehead atoms. The zero-order valence-electron chi connectivity index (χ0n) is 20.1. The average molecular weight is 603 g/mol. The van der Waals surface area contributed by atoms with Gasteiger partial charge in [-0.05, 0) is 66.2 Å². The van der Waals surface area contributed by atoms with E-state index in [0.29, 0.717) is 29.3 Å². The number of halogens is 2. The molecule has 1 aromatic heterocycles. The summed E-state index contributed by atoms with van der Waals surface area (Å²) in [4.78, 5) is 27.0. The summed E-state index contributed by atoms with van der Waals surface area (Å²) in [5.41, 5.74) is 1.90. The molecule has 1 fully saturated rings. The highest BCUT2D eigenvalue weighted by atomic mass is 35.5. The van der Waals surface area contributed by atoms with Crippen molar-refractivity contribution in [1.29, 1.82) is 0 Å². The Morgan fingerprint density at radius 2 is 1.74 bits per heavy atom. The van der Waals surface area contributed by atoms with Crippen LogP contribution in [0.1, 0.15) is 27.1 Å². The maximum absolute atomic E-state index is 12.8. The van der Waals surface area contributed by atoms with Crippen LogP contribution in [0, 0.1) is 0 Å². The van der Waals surface area contributed by atoms with Gasteiger partial charge in [0.1, 0.15) is 11.1 Å². The number of sulfonamides is 1. The van der Waals surface area contributed by atoms with Crippen molar-refractivity contribution in [1.82, 2.24) is 4.90 Å². The first-order chi connectivity index (χ1) is 18.7. The van der Waals surface area contributed by atoms with Crippen molar-refractivity contribution in [2.75, 3.05) is 15.8 Å². The molecule has 200 valence electrons. The van der Waals surface area contributed by atoms with Crippen LogP contribution in [-0.2, 0) is 21.4 Å². The third kappa shape index (κ3) is 6.09. The van der Waals surface area contributed by atoms with Gasteiger partial charge in [-0.25, -0.2) is 8.42 Å². The monoisotopic (exact) mass is 601 g/mol. The Kier molecular flexibility index (Phi) is 7.90. The van der Waals surface area contributed by atoms with Gasteiger partial charge in [-0.15, -0.1) is 11.8 Å². The molecule has 0 saturated carbocycles. The lowest BCUT2D eigenvalue weighted by Gasteiger charge is -2.23. The van der Waals surface area contributed by atoms with E-state index in [1.165, 1.54) is 42.1 Å². The molecule has 39 heavy (non-hydrogen) atoms. The number of thioether (sulfide) groups is 1. The number of furan rings is 1. The number of benzene rings is 3. The van der Waals surface area contributed by atoms with Crippen molar-refractivity contribution in [3.8, 4) is 0 Å². The Hall–Kier alpha value is -3.44. The van der Waals surface area contributed by atoms with Crippen LogP contribution in [0.15, 0.2) is 94.4 Å². The van der Waals surface area contributed by atoms with Gasteiger partial charge in [-0.3, -0.25) is 14.3 Å². The molecule has 5 rings (SSSR count). The molecule has 2 heterocycles. The first kappa shape index (κ1) is 27.1. The van der Waals surface area contributed by atoms with E-state index in [9.17, 15) is 18.0 Å². The summed E-state index contributed by atoms with van der Waals surface area (Å²) >= 11 is 13.6. The van der Waals surface area contributed by atoms with Crippen LogP contribution in [0.4, 0.5) is 11.4 Å². The van der Waals surface area contributed by atoms with Crippen molar-refractivity contribution >= 4 is 68.2 Å². The van der Waals surface area contributed by atoms with E-state index in [0.717, 1.165) is 5.56 Å². The molecule has 1 aliphatic rings. The average Bonchev–Trinajstić information content (AvgIpc) is 3.57. The molecule has 0 radical (unpaired) electrons. The second-order valence-electron chi connectivity index (χ2n) is 8.57. The minimum atomic E-state index is -3.93. The highest BCUT2D eigenvalue weighted by molar-refractivity contribution is 8.00. The van der Waals surface area contributed by atoms with Crippen LogP contribution in [0.3, 0.4) is 0 Å². The van der Waals surface area contributed by atoms with Crippen LogP contribution in [0.25, 0.3) is 0 Å². The fraction of sp³-hybridized carbons (Fsp3) is 0.111. The number of nitrogens with zero attached hydrogens (tertiary/aromatic N) is 1. The molecule has 2 N–H and O–H groups in total. The normalized spacial score (nSPS) is 15.4. The van der Waals surface area contributed by atoms with Crippen molar-refractivity contribution in [3.63, 3.8) is 0 Å². The predicted molar refractivity (Wildman–Crippen MR) is 153 cm³/mol. The molecule has 0 unspecified atom stereocenters. The molecule has 4 aromatic rings. The molecule has 2 amide bonds. The van der Waals surface area contributed by atoms with Gasteiger partial charge in [0.2, 0.25) is 5.91 Å². The highest BCUT2D eigenvalue weighted by Crippen LogP contribution is 2.39. The molecule has 1 atom stereocenters. The number of anilines is 2. The summed E-state index contributed by atoms with van der Waals surface area (Å²) in [7, 11) is -3.93. The molecule has 0 spiro atoms. The summed E-state index contributed by atoms with van der Waals surface area (Å²) in [6.45, 7) is 0.374. The lowest BCUT2D eigenvalue weighted by Crippen LogP contribution is -2.27. The number of carbonyl (C=O) groups is 2. The fourth-order valence-electron chi connectivity index (χ4n) is 3.98. The van der Waals surface area contributed by atoms with Gasteiger partial charge >= 0.3 is 0 Å². The molecule has 1 saturated heterocycles. The minimum absolute atomic E-state index is 0.0105. The van der Waals surface area contributed by atoms with Crippen molar-refractivity contribution in [2.45, 2.75) is 16.8 Å². The molecular weight excluding hydrogens is 581 g/mol. The summed E-state index contributed by atoms with van der Waals surface area (Å²) in [5, 5.41) is 2.91. The number of carbonyl (C=O) groups excluding carboxylic acids is 2. The number of hydrogen-bond acceptors (Lipinski definition) is 6. The zero-order valence-corrected chi connectivity index (χ0v) is 23.3. The van der Waals surface area contributed by atoms with E-state index in [2.05, 4.69) is 10.0 Å². The Morgan fingerprint density at radius 1 is 1.00 bits per heavy atom. The van der Waals surface area contributed by atoms with Gasteiger partial charge in [-0.2, -0.15) is 0 Å². The van der Waals surface area contributed by atoms with E-state index < -0.39 is 10.0 Å². The van der Waals surface area contributed by atoms with Crippen LogP contribution in [0.5, 0.6) is 0 Å². The fourth-order valence-corrected chi connectivity index (χ4v) is 6.64. The molecule has 1 aliphatic heterocycles. The predicted octanol–water partition coefficient (Wildman–Crippen LogP) is 6.41. The van der Waals surface area contributed by atoms with E-state index in [4.69, 9.17) is 27.6 Å². The Balaban J connectivity index is 1.23. The first-order valence-electron chi connectivity index (χ1n) is 11.6. The van der Waals surface area contributed by atoms with Crippen LogP contribution >= 0.6 is 35.0 Å². The first-order valence-corrected chi connectivity index (χ1v) is 14.9. The SMILES string of the molecule is O=C(Nc1ccc(S(=O)(=O)Nc2cccc(Cl)c2Cl)cc1)c1ccc([C@@H]2SCC(=O)N2Cc2ccco2)cc1. The quantitative estimate of drug-likeness (QED) is 0.241. The third-order valence-electron chi connectivity index (χ3n) is 5.95. The minimum Gasteiger partial charge on any atom is -0.467 e. The van der Waals surface area contributed by atoms with Gasteiger partial charge in [0.05, 0.1) is 39.2 Å². The van der Waals surface area contributed by atoms with E-state index in [-0.39, 0.29) is 37.8 Å². The van der Waals surface area contributed by atoms with Crippen LogP contribution in [-0.4, -0.2) is 30.9 Å². The smallest absolute Gasteiger partial charge is 0.261 e. The Bertz CT molecular complexity index is 1610. The van der Waals surface area contributed by atoms with Gasteiger partial charge in [0, 0.05) is 11.3 Å². The van der Waals surface area contributed by atoms with Gasteiger partial charge in [-0.1, -0.05) is 41.4 Å². The van der Waals surface area contributed by atoms with E-state index >= 15 is 0 Å². The van der Waals surface area contributed by atoms with Gasteiger partial charge < -0.3 is 14.6 Å². The molecule has 0 aliphatic carbocycles. The summed E-state index contributed by atoms with van der Waals surface area (Å²) < 4.78 is 33.3. The molecule has 12 heteroatoms. The highest BCUT2D eigenvalue weighted by Gasteiger charge is 2.33. The van der Waals surface area contributed by atoms with E-state index in [1.54, 1.807) is 41.5 Å². The Morgan fingerprint density at radius 3 is 2.44 bits per heavy atom. The Labute approximate surface area is 239 Å². The van der Waals surface area contributed by atoms with Gasteiger partial charge in [0.25, 0.3) is 15.9 Å². The lowest BCUT2D eigenvalue weighted by atomic mass is 10.1. The largest absolute Gasteiger partial charge is 0.467 e. The number of amides is 2. The van der Waals surface area contributed by atoms with Crippen LogP contribution < -0.4 is 10.0 Å². The third-order valence-corrected chi connectivity index (χ3v) is 9.41. The summed E-state index contributed by atoms with van der Waals surface area (Å²) in [6.07, 6.45) is 1.58. The molecule has 3 aromatic carbocycles. The topological polar surface area (TPSA) is 109 Å². The summed E-state index contributed by atoms with van der Waals surface area (Å²) in [5.74, 6) is 0.749. The number of nitrogens with one attached hydrogen (secondary N) is 2. The maximum Gasteiger partial charge on any atom is 0.261 e. The molecular formula is C27H21Cl2N3O5S2. The van der Waals surface area contributed by atoms with Crippen molar-refractivity contribution in [2.24, 2.45) is 0 Å². The maximum atomic E-state index is 12.8. The standard InChI is InChI=1S/C27H21Cl2N3O5S2/c28-22-4-1-5-23(25(22)29)31-39(35,36)21-12-10-19(11-13-21)30-26(34)17-6-8-18(9-7-17)27-32(24(33)16-38-27)15-20-3-2-14-37-20/h1-14,27,31H,15-16H2,(H,30,34)/t27-/m0/s1. The van der Waals surface area contributed by atoms with Gasteiger partial charge in [0.15, 0.2) is 0 Å². The zero-order chi connectivity index (χ0) is 27.6. The second-order valence-corrected chi connectivity index (χ2v) is 12.1. The van der Waals surface area contributed by atoms with Crippen LogP contribution in [0.2, 0.25) is 10.0 Å². The van der Waals surface area contributed by atoms with E-state index in [1.807, 2.05) is 18.2 Å². The van der Waals surface area contributed by atoms with Crippen molar-refractivity contribution in [3.05, 3.63) is 112 Å². The molecule has 8 nitrogen and oxygen atoms in total. The summed E-state index contributed by atoms with van der Waals surface area (Å²) in [6, 6.07) is 21.0. The number of rotatable bonds is 8. The lowest BCUT2D eigenvalue weighted by molar-refractivity contribution is -0.128. The second kappa shape index (κ2) is 11.4. The number of hydrogen-bond donors (Lipinski definition) is 2. The van der Waals surface area contributed by atoms with Crippen molar-refractivity contribution < 1.29 is 22.4 Å².